The fourth-order valence-corrected chi connectivity index (χ4v) is 3.19. The Balaban J connectivity index is 1.66. The first-order chi connectivity index (χ1) is 12.1. The molecule has 5 heteroatoms. The van der Waals surface area contributed by atoms with Crippen LogP contribution in [0.5, 0.6) is 11.5 Å². The maximum Gasteiger partial charge on any atom is 0.260 e. The molecule has 0 unspecified atom stereocenters. The van der Waals surface area contributed by atoms with Gasteiger partial charge in [-0.1, -0.05) is 24.3 Å². The second kappa shape index (κ2) is 9.99. The Labute approximate surface area is 153 Å². The summed E-state index contributed by atoms with van der Waals surface area (Å²) in [6.07, 6.45) is -0.533. The molecule has 0 fully saturated rings. The first-order valence-corrected chi connectivity index (χ1v) is 9.46. The Kier molecular flexibility index (Phi) is 7.67. The highest BCUT2D eigenvalue weighted by Crippen LogP contribution is 2.18. The number of amides is 1. The number of nitrogens with one attached hydrogen (secondary N) is 1. The van der Waals surface area contributed by atoms with Gasteiger partial charge in [0.15, 0.2) is 6.10 Å². The number of hydrogen-bond acceptors (Lipinski definition) is 4. The van der Waals surface area contributed by atoms with Gasteiger partial charge in [0.2, 0.25) is 0 Å². The van der Waals surface area contributed by atoms with E-state index in [1.807, 2.05) is 30.0 Å². The van der Waals surface area contributed by atoms with Crippen LogP contribution in [0.15, 0.2) is 48.5 Å². The average molecular weight is 359 g/mol. The Morgan fingerprint density at radius 1 is 1.12 bits per heavy atom. The summed E-state index contributed by atoms with van der Waals surface area (Å²) in [6, 6.07) is 15.6. The average Bonchev–Trinajstić information content (AvgIpc) is 2.63. The molecule has 0 bridgehead atoms. The summed E-state index contributed by atoms with van der Waals surface area (Å²) in [6.45, 7) is 4.50. The highest BCUT2D eigenvalue weighted by atomic mass is 32.2. The smallest absolute Gasteiger partial charge is 0.260 e. The van der Waals surface area contributed by atoms with E-state index in [2.05, 4.69) is 30.4 Å². The van der Waals surface area contributed by atoms with Crippen molar-refractivity contribution in [3.05, 3.63) is 59.7 Å². The van der Waals surface area contributed by atoms with E-state index < -0.39 is 6.10 Å². The summed E-state index contributed by atoms with van der Waals surface area (Å²) in [5.41, 5.74) is 2.65. The lowest BCUT2D eigenvalue weighted by Gasteiger charge is -2.15. The number of carbonyl (C=O) groups excluding carboxylic acids is 1. The van der Waals surface area contributed by atoms with Crippen molar-refractivity contribution >= 4 is 17.7 Å². The molecule has 2 aromatic carbocycles. The molecule has 0 heterocycles. The predicted molar refractivity (Wildman–Crippen MR) is 103 cm³/mol. The zero-order chi connectivity index (χ0) is 18.1. The second-order valence-electron chi connectivity index (χ2n) is 5.71. The summed E-state index contributed by atoms with van der Waals surface area (Å²) in [5, 5.41) is 2.92. The van der Waals surface area contributed by atoms with Crippen LogP contribution < -0.4 is 14.8 Å². The Morgan fingerprint density at radius 2 is 1.80 bits per heavy atom. The molecule has 0 saturated carbocycles. The fraction of sp³-hybridized carbons (Fsp3) is 0.350. The first-order valence-electron chi connectivity index (χ1n) is 8.31. The van der Waals surface area contributed by atoms with Crippen LogP contribution in [-0.4, -0.2) is 31.4 Å². The molecule has 1 N–H and O–H groups in total. The van der Waals surface area contributed by atoms with Crippen LogP contribution in [0.25, 0.3) is 0 Å². The van der Waals surface area contributed by atoms with Crippen molar-refractivity contribution < 1.29 is 14.3 Å². The molecular weight excluding hydrogens is 334 g/mol. The highest BCUT2D eigenvalue weighted by Gasteiger charge is 2.14. The van der Waals surface area contributed by atoms with E-state index in [1.54, 1.807) is 26.2 Å². The molecule has 4 nitrogen and oxygen atoms in total. The van der Waals surface area contributed by atoms with Crippen molar-refractivity contribution in [2.24, 2.45) is 0 Å². The number of benzene rings is 2. The minimum absolute atomic E-state index is 0.104. The maximum atomic E-state index is 12.1. The van der Waals surface area contributed by atoms with E-state index in [-0.39, 0.29) is 5.91 Å². The standard InChI is InChI=1S/C20H25NO3S/c1-15-6-4-5-7-17(15)14-25-13-12-21-20(22)16(2)24-19-10-8-18(23-3)9-11-19/h4-11,16H,12-14H2,1-3H3,(H,21,22)/t16-/m0/s1. The van der Waals surface area contributed by atoms with Crippen LogP contribution in [0, 0.1) is 6.92 Å². The number of methoxy groups -OCH3 is 1. The number of hydrogen-bond donors (Lipinski definition) is 1. The third kappa shape index (κ3) is 6.35. The van der Waals surface area contributed by atoms with Crippen molar-refractivity contribution in [1.82, 2.24) is 5.32 Å². The Morgan fingerprint density at radius 3 is 2.48 bits per heavy atom. The highest BCUT2D eigenvalue weighted by molar-refractivity contribution is 7.98. The summed E-state index contributed by atoms with van der Waals surface area (Å²) >= 11 is 1.81. The molecule has 25 heavy (non-hydrogen) atoms. The van der Waals surface area contributed by atoms with Gasteiger partial charge >= 0.3 is 0 Å². The van der Waals surface area contributed by atoms with Crippen molar-refractivity contribution in [2.75, 3.05) is 19.4 Å². The van der Waals surface area contributed by atoms with E-state index in [9.17, 15) is 4.79 Å². The first kappa shape index (κ1) is 19.2. The van der Waals surface area contributed by atoms with Crippen molar-refractivity contribution in [3.8, 4) is 11.5 Å². The van der Waals surface area contributed by atoms with Gasteiger partial charge in [0, 0.05) is 18.1 Å². The molecule has 0 radical (unpaired) electrons. The SMILES string of the molecule is COc1ccc(O[C@@H](C)C(=O)NCCSCc2ccccc2C)cc1. The van der Waals surface area contributed by atoms with Crippen LogP contribution in [0.4, 0.5) is 0 Å². The van der Waals surface area contributed by atoms with Gasteiger partial charge in [0.05, 0.1) is 7.11 Å². The number of ether oxygens (including phenoxy) is 2. The van der Waals surface area contributed by atoms with Crippen molar-refractivity contribution in [1.29, 1.82) is 0 Å². The lowest BCUT2D eigenvalue weighted by molar-refractivity contribution is -0.127. The van der Waals surface area contributed by atoms with Gasteiger partial charge in [-0.2, -0.15) is 11.8 Å². The molecule has 0 saturated heterocycles. The molecule has 1 atom stereocenters. The molecular formula is C20H25NO3S. The van der Waals surface area contributed by atoms with E-state index in [4.69, 9.17) is 9.47 Å². The zero-order valence-corrected chi connectivity index (χ0v) is 15.8. The molecule has 2 rings (SSSR count). The summed E-state index contributed by atoms with van der Waals surface area (Å²) in [4.78, 5) is 12.1. The summed E-state index contributed by atoms with van der Waals surface area (Å²) in [7, 11) is 1.61. The number of thioether (sulfide) groups is 1. The zero-order valence-electron chi connectivity index (χ0n) is 15.0. The largest absolute Gasteiger partial charge is 0.497 e. The van der Waals surface area contributed by atoms with E-state index in [0.29, 0.717) is 12.3 Å². The lowest BCUT2D eigenvalue weighted by Crippen LogP contribution is -2.37. The minimum Gasteiger partial charge on any atom is -0.497 e. The van der Waals surface area contributed by atoms with E-state index in [1.165, 1.54) is 11.1 Å². The minimum atomic E-state index is -0.533. The normalized spacial score (nSPS) is 11.6. The van der Waals surface area contributed by atoms with Gasteiger partial charge in [-0.25, -0.2) is 0 Å². The van der Waals surface area contributed by atoms with Crippen molar-refractivity contribution in [2.45, 2.75) is 25.7 Å². The van der Waals surface area contributed by atoms with Gasteiger partial charge in [-0.3, -0.25) is 4.79 Å². The predicted octanol–water partition coefficient (Wildman–Crippen LogP) is 3.82. The second-order valence-corrected chi connectivity index (χ2v) is 6.81. The molecule has 0 aliphatic carbocycles. The monoisotopic (exact) mass is 359 g/mol. The fourth-order valence-electron chi connectivity index (χ4n) is 2.26. The molecule has 2 aromatic rings. The molecule has 1 amide bonds. The van der Waals surface area contributed by atoms with Gasteiger partial charge in [0.1, 0.15) is 11.5 Å². The Hall–Kier alpha value is -2.14. The van der Waals surface area contributed by atoms with Gasteiger partial charge < -0.3 is 14.8 Å². The van der Waals surface area contributed by atoms with Crippen LogP contribution in [0.3, 0.4) is 0 Å². The maximum absolute atomic E-state index is 12.1. The van der Waals surface area contributed by atoms with Crippen molar-refractivity contribution in [3.63, 3.8) is 0 Å². The van der Waals surface area contributed by atoms with Crippen LogP contribution in [0.1, 0.15) is 18.1 Å². The van der Waals surface area contributed by atoms with E-state index in [0.717, 1.165) is 17.3 Å². The Bertz CT molecular complexity index is 673. The van der Waals surface area contributed by atoms with Gasteiger partial charge in [-0.15, -0.1) is 0 Å². The molecule has 0 aliphatic heterocycles. The quantitative estimate of drug-likeness (QED) is 0.692. The van der Waals surface area contributed by atoms with Crippen LogP contribution in [0.2, 0.25) is 0 Å². The number of carbonyl (C=O) groups is 1. The van der Waals surface area contributed by atoms with Gasteiger partial charge in [-0.05, 0) is 49.2 Å². The van der Waals surface area contributed by atoms with Crippen LogP contribution >= 0.6 is 11.8 Å². The number of aryl methyl sites for hydroxylation is 1. The topological polar surface area (TPSA) is 47.6 Å². The van der Waals surface area contributed by atoms with E-state index >= 15 is 0 Å². The third-order valence-corrected chi connectivity index (χ3v) is 4.81. The molecule has 0 spiro atoms. The molecule has 0 aromatic heterocycles. The molecule has 134 valence electrons. The lowest BCUT2D eigenvalue weighted by atomic mass is 10.1. The number of rotatable bonds is 9. The molecule has 0 aliphatic rings. The van der Waals surface area contributed by atoms with Gasteiger partial charge in [0.25, 0.3) is 5.91 Å². The third-order valence-electron chi connectivity index (χ3n) is 3.81. The summed E-state index contributed by atoms with van der Waals surface area (Å²) in [5.74, 6) is 3.13. The summed E-state index contributed by atoms with van der Waals surface area (Å²) < 4.78 is 10.7. The van der Waals surface area contributed by atoms with Crippen LogP contribution in [-0.2, 0) is 10.5 Å².